The first-order chi connectivity index (χ1) is 13.0. The van der Waals surface area contributed by atoms with Gasteiger partial charge in [-0.25, -0.2) is 13.9 Å². The lowest BCUT2D eigenvalue weighted by atomic mass is 10.3. The molecule has 3 N–H and O–H groups in total. The molecule has 10 heteroatoms. The highest BCUT2D eigenvalue weighted by atomic mass is 19.1. The molecule has 3 aromatic rings. The zero-order valence-electron chi connectivity index (χ0n) is 14.7. The van der Waals surface area contributed by atoms with E-state index in [1.54, 1.807) is 38.5 Å². The third kappa shape index (κ3) is 3.09. The Morgan fingerprint density at radius 3 is 2.85 bits per heavy atom. The summed E-state index contributed by atoms with van der Waals surface area (Å²) in [6.45, 7) is 0. The lowest BCUT2D eigenvalue weighted by molar-refractivity contribution is 0.0940. The molecule has 3 heterocycles. The van der Waals surface area contributed by atoms with E-state index in [4.69, 9.17) is 0 Å². The van der Waals surface area contributed by atoms with E-state index in [-0.39, 0.29) is 11.3 Å². The minimum Gasteiger partial charge on any atom is -0.385 e. The van der Waals surface area contributed by atoms with Gasteiger partial charge in [0.15, 0.2) is 17.2 Å². The molecule has 0 unspecified atom stereocenters. The maximum absolute atomic E-state index is 13.1. The van der Waals surface area contributed by atoms with Crippen LogP contribution >= 0.6 is 0 Å². The monoisotopic (exact) mass is 371 g/mol. The Balaban J connectivity index is 1.73. The predicted molar refractivity (Wildman–Crippen MR) is 98.3 cm³/mol. The van der Waals surface area contributed by atoms with Crippen LogP contribution in [0.15, 0.2) is 35.4 Å². The minimum atomic E-state index is -1.000. The number of rotatable bonds is 5. The number of anilines is 3. The Kier molecular flexibility index (Phi) is 4.02. The summed E-state index contributed by atoms with van der Waals surface area (Å²) in [6, 6.07) is 4.61. The summed E-state index contributed by atoms with van der Waals surface area (Å²) in [7, 11) is 3.37. The number of aromatic nitrogens is 4. The molecule has 27 heavy (non-hydrogen) atoms. The van der Waals surface area contributed by atoms with E-state index >= 15 is 0 Å². The molecule has 1 aliphatic carbocycles. The Morgan fingerprint density at radius 1 is 1.37 bits per heavy atom. The van der Waals surface area contributed by atoms with Crippen LogP contribution in [0.4, 0.5) is 21.6 Å². The topological polar surface area (TPSA) is 105 Å². The van der Waals surface area contributed by atoms with Gasteiger partial charge in [-0.05, 0) is 12.1 Å². The first kappa shape index (κ1) is 17.0. The Bertz CT molecular complexity index is 1090. The molecule has 140 valence electrons. The lowest BCUT2D eigenvalue weighted by Gasteiger charge is -2.10. The summed E-state index contributed by atoms with van der Waals surface area (Å²) in [4.78, 5) is 28.9. The number of nitrogens with zero attached hydrogens (tertiary/aromatic N) is 4. The standard InChI is InChI=1S/C17H18FN7O2/c1-19-12-7-14(21-10-4-3-5-24(2)17(10)27)23-25-13(8-20-15(12)25)16(26)22-11-6-9(11)18/h3-5,7-9,11,19H,6H2,1-2H3,(H,21,23)(H,22,26)/t9-,11+/m0/s1. The minimum absolute atomic E-state index is 0.185. The number of hydrogen-bond donors (Lipinski definition) is 3. The number of aryl methyl sites for hydroxylation is 1. The summed E-state index contributed by atoms with van der Waals surface area (Å²) < 4.78 is 15.9. The Hall–Kier alpha value is -3.43. The molecule has 9 nitrogen and oxygen atoms in total. The number of pyridine rings is 1. The van der Waals surface area contributed by atoms with Crippen molar-refractivity contribution in [3.05, 3.63) is 46.6 Å². The first-order valence-electron chi connectivity index (χ1n) is 8.42. The molecule has 3 aromatic heterocycles. The van der Waals surface area contributed by atoms with E-state index in [1.165, 1.54) is 15.3 Å². The fourth-order valence-corrected chi connectivity index (χ4v) is 2.75. The molecule has 0 bridgehead atoms. The maximum Gasteiger partial charge on any atom is 0.274 e. The second-order valence-electron chi connectivity index (χ2n) is 6.37. The number of alkyl halides is 1. The van der Waals surface area contributed by atoms with Crippen LogP contribution in [0.25, 0.3) is 5.65 Å². The molecule has 0 spiro atoms. The summed E-state index contributed by atoms with van der Waals surface area (Å²) in [5, 5.41) is 13.0. The van der Waals surface area contributed by atoms with Crippen LogP contribution in [0, 0.1) is 0 Å². The normalized spacial score (nSPS) is 18.3. The zero-order valence-corrected chi connectivity index (χ0v) is 14.7. The van der Waals surface area contributed by atoms with Gasteiger partial charge in [0.1, 0.15) is 11.9 Å². The highest BCUT2D eigenvalue weighted by Crippen LogP contribution is 2.26. The molecular weight excluding hydrogens is 353 g/mol. The van der Waals surface area contributed by atoms with Gasteiger partial charge < -0.3 is 20.5 Å². The molecule has 2 atom stereocenters. The second kappa shape index (κ2) is 6.38. The molecule has 1 amide bonds. The van der Waals surface area contributed by atoms with Crippen molar-refractivity contribution in [1.82, 2.24) is 24.5 Å². The van der Waals surface area contributed by atoms with Gasteiger partial charge in [-0.3, -0.25) is 9.59 Å². The molecule has 1 saturated carbocycles. The third-order valence-electron chi connectivity index (χ3n) is 4.38. The van der Waals surface area contributed by atoms with Crippen molar-refractivity contribution < 1.29 is 9.18 Å². The van der Waals surface area contributed by atoms with E-state index < -0.39 is 18.1 Å². The smallest absolute Gasteiger partial charge is 0.274 e. The maximum atomic E-state index is 13.1. The van der Waals surface area contributed by atoms with Crippen LogP contribution in [0.3, 0.4) is 0 Å². The number of fused-ring (bicyclic) bond motifs is 1. The Morgan fingerprint density at radius 2 is 2.15 bits per heavy atom. The lowest BCUT2D eigenvalue weighted by Crippen LogP contribution is -2.28. The van der Waals surface area contributed by atoms with E-state index in [1.807, 2.05) is 0 Å². The molecule has 0 aliphatic heterocycles. The van der Waals surface area contributed by atoms with Gasteiger partial charge in [0.05, 0.1) is 17.9 Å². The third-order valence-corrected chi connectivity index (χ3v) is 4.38. The van der Waals surface area contributed by atoms with E-state index in [2.05, 4.69) is 26.0 Å². The van der Waals surface area contributed by atoms with Crippen LogP contribution in [0.1, 0.15) is 16.9 Å². The van der Waals surface area contributed by atoms with Gasteiger partial charge in [0.2, 0.25) is 0 Å². The van der Waals surface area contributed by atoms with Crippen molar-refractivity contribution in [3.63, 3.8) is 0 Å². The van der Waals surface area contributed by atoms with Crippen molar-refractivity contribution in [1.29, 1.82) is 0 Å². The van der Waals surface area contributed by atoms with Crippen molar-refractivity contribution >= 4 is 28.7 Å². The quantitative estimate of drug-likeness (QED) is 0.619. The number of amides is 1. The number of carbonyl (C=O) groups is 1. The number of nitrogens with one attached hydrogen (secondary N) is 3. The van der Waals surface area contributed by atoms with E-state index in [0.717, 1.165) is 0 Å². The number of hydrogen-bond acceptors (Lipinski definition) is 6. The van der Waals surface area contributed by atoms with Crippen LogP contribution in [0.5, 0.6) is 0 Å². The fourth-order valence-electron chi connectivity index (χ4n) is 2.75. The molecule has 1 aliphatic rings. The van der Waals surface area contributed by atoms with Crippen LogP contribution in [-0.2, 0) is 7.05 Å². The average Bonchev–Trinajstić information content (AvgIpc) is 3.16. The van der Waals surface area contributed by atoms with Gasteiger partial charge in [-0.2, -0.15) is 0 Å². The van der Waals surface area contributed by atoms with Crippen LogP contribution in [0.2, 0.25) is 0 Å². The van der Waals surface area contributed by atoms with Gasteiger partial charge >= 0.3 is 0 Å². The van der Waals surface area contributed by atoms with Crippen LogP contribution < -0.4 is 21.5 Å². The largest absolute Gasteiger partial charge is 0.385 e. The molecule has 1 fully saturated rings. The van der Waals surface area contributed by atoms with Gasteiger partial charge in [0.25, 0.3) is 11.5 Å². The molecule has 0 aromatic carbocycles. The van der Waals surface area contributed by atoms with Crippen molar-refractivity contribution in [2.45, 2.75) is 18.6 Å². The Labute approximate surface area is 153 Å². The number of halogens is 1. The molecule has 0 radical (unpaired) electrons. The SMILES string of the molecule is CNc1cc(Nc2cccn(C)c2=O)nn2c(C(=O)N[C@@H]3C[C@@H]3F)cnc12. The van der Waals surface area contributed by atoms with E-state index in [9.17, 15) is 14.0 Å². The highest BCUT2D eigenvalue weighted by Gasteiger charge is 2.39. The molecule has 0 saturated heterocycles. The summed E-state index contributed by atoms with van der Waals surface area (Å²) in [6.07, 6.45) is 2.36. The predicted octanol–water partition coefficient (Wildman–Crippen LogP) is 1.05. The van der Waals surface area contributed by atoms with Crippen molar-refractivity contribution in [2.24, 2.45) is 7.05 Å². The second-order valence-corrected chi connectivity index (χ2v) is 6.37. The molecular formula is C17H18FN7O2. The van der Waals surface area contributed by atoms with Crippen LogP contribution in [-0.4, -0.2) is 44.3 Å². The first-order valence-corrected chi connectivity index (χ1v) is 8.42. The van der Waals surface area contributed by atoms with Gasteiger partial charge in [0, 0.05) is 32.8 Å². The number of carbonyl (C=O) groups excluding carboxylic acids is 1. The van der Waals surface area contributed by atoms with Crippen molar-refractivity contribution in [3.8, 4) is 0 Å². The van der Waals surface area contributed by atoms with Gasteiger partial charge in [-0.15, -0.1) is 5.10 Å². The number of imidazole rings is 1. The molecule has 4 rings (SSSR count). The fraction of sp³-hybridized carbons (Fsp3) is 0.294. The summed E-state index contributed by atoms with van der Waals surface area (Å²) in [5.41, 5.74) is 1.39. The summed E-state index contributed by atoms with van der Waals surface area (Å²) >= 11 is 0. The summed E-state index contributed by atoms with van der Waals surface area (Å²) in [5.74, 6) is -0.0908. The zero-order chi connectivity index (χ0) is 19.1. The van der Waals surface area contributed by atoms with Gasteiger partial charge in [-0.1, -0.05) is 0 Å². The highest BCUT2D eigenvalue weighted by molar-refractivity contribution is 5.94. The average molecular weight is 371 g/mol. The van der Waals surface area contributed by atoms with E-state index in [0.29, 0.717) is 29.3 Å². The van der Waals surface area contributed by atoms with Crippen molar-refractivity contribution in [2.75, 3.05) is 17.7 Å².